The van der Waals surface area contributed by atoms with Crippen LogP contribution in [0.5, 0.6) is 5.75 Å². The van der Waals surface area contributed by atoms with Gasteiger partial charge in [0.2, 0.25) is 0 Å². The molecule has 0 unspecified atom stereocenters. The van der Waals surface area contributed by atoms with Crippen LogP contribution in [0.4, 0.5) is 0 Å². The molecule has 0 aromatic heterocycles. The Labute approximate surface area is 66.7 Å². The molecule has 0 amide bonds. The van der Waals surface area contributed by atoms with E-state index < -0.39 is 0 Å². The molecule has 0 fully saturated rings. The lowest BCUT2D eigenvalue weighted by Crippen LogP contribution is -2.08. The Morgan fingerprint density at radius 2 is 2.27 bits per heavy atom. The molecule has 0 bridgehead atoms. The van der Waals surface area contributed by atoms with Crippen molar-refractivity contribution in [3.8, 4) is 5.75 Å². The van der Waals surface area contributed by atoms with Crippen molar-refractivity contribution < 1.29 is 5.11 Å². The van der Waals surface area contributed by atoms with Crippen molar-refractivity contribution in [1.82, 2.24) is 0 Å². The Bertz CT molecular complexity index is 235. The first-order valence-electron chi connectivity index (χ1n) is 3.58. The molecule has 0 aliphatic carbocycles. The van der Waals surface area contributed by atoms with Crippen molar-refractivity contribution in [3.63, 3.8) is 0 Å². The summed E-state index contributed by atoms with van der Waals surface area (Å²) in [5, 5.41) is 9.09. The Morgan fingerprint density at radius 1 is 1.55 bits per heavy atom. The van der Waals surface area contributed by atoms with Crippen molar-refractivity contribution in [2.24, 2.45) is 5.73 Å². The van der Waals surface area contributed by atoms with Gasteiger partial charge in [0, 0.05) is 6.04 Å². The van der Waals surface area contributed by atoms with Crippen LogP contribution in [0.3, 0.4) is 0 Å². The lowest BCUT2D eigenvalue weighted by Gasteiger charge is -2.07. The van der Waals surface area contributed by atoms with Crippen LogP contribution in [-0.2, 0) is 0 Å². The third-order valence-corrected chi connectivity index (χ3v) is 1.61. The second-order valence-electron chi connectivity index (χ2n) is 2.45. The van der Waals surface area contributed by atoms with Gasteiger partial charge < -0.3 is 10.8 Å². The van der Waals surface area contributed by atoms with Gasteiger partial charge in [0.05, 0.1) is 0 Å². The Hall–Kier alpha value is -1.02. The largest absolute Gasteiger partial charge is 0.508 e. The topological polar surface area (TPSA) is 46.2 Å². The number of aromatic hydroxyl groups is 1. The van der Waals surface area contributed by atoms with Crippen molar-refractivity contribution >= 4 is 0 Å². The van der Waals surface area contributed by atoms with E-state index in [0.717, 1.165) is 5.56 Å². The molecule has 2 nitrogen and oxygen atoms in total. The summed E-state index contributed by atoms with van der Waals surface area (Å²) in [5.74, 6) is 0.264. The molecule has 1 aromatic carbocycles. The highest BCUT2D eigenvalue weighted by molar-refractivity contribution is 5.30. The van der Waals surface area contributed by atoms with E-state index in [-0.39, 0.29) is 11.8 Å². The predicted molar refractivity (Wildman–Crippen MR) is 45.0 cm³/mol. The lowest BCUT2D eigenvalue weighted by atomic mass is 10.1. The fourth-order valence-corrected chi connectivity index (χ4v) is 0.925. The van der Waals surface area contributed by atoms with Crippen LogP contribution in [0.15, 0.2) is 24.3 Å². The molecule has 1 aromatic rings. The highest BCUT2D eigenvalue weighted by Crippen LogP contribution is 2.17. The SMILES string of the molecule is C[CH][C@H](N)c1cccc(O)c1. The minimum Gasteiger partial charge on any atom is -0.508 e. The molecular formula is C9H12NO. The van der Waals surface area contributed by atoms with Gasteiger partial charge >= 0.3 is 0 Å². The zero-order valence-corrected chi connectivity index (χ0v) is 6.49. The number of nitrogens with two attached hydrogens (primary N) is 1. The number of hydrogen-bond donors (Lipinski definition) is 2. The summed E-state index contributed by atoms with van der Waals surface area (Å²) in [4.78, 5) is 0. The molecule has 0 aliphatic heterocycles. The maximum atomic E-state index is 9.09. The molecule has 11 heavy (non-hydrogen) atoms. The number of hydrogen-bond acceptors (Lipinski definition) is 2. The van der Waals surface area contributed by atoms with Crippen LogP contribution in [0.1, 0.15) is 18.5 Å². The lowest BCUT2D eigenvalue weighted by molar-refractivity contribution is 0.474. The molecule has 2 heteroatoms. The molecule has 59 valence electrons. The predicted octanol–water partition coefficient (Wildman–Crippen LogP) is 1.62. The van der Waals surface area contributed by atoms with E-state index in [9.17, 15) is 0 Å². The van der Waals surface area contributed by atoms with Crippen LogP contribution in [0.25, 0.3) is 0 Å². The van der Waals surface area contributed by atoms with Gasteiger partial charge in [0.15, 0.2) is 0 Å². The van der Waals surface area contributed by atoms with Crippen molar-refractivity contribution in [1.29, 1.82) is 0 Å². The summed E-state index contributed by atoms with van der Waals surface area (Å²) in [5.41, 5.74) is 6.63. The quantitative estimate of drug-likeness (QED) is 0.672. The van der Waals surface area contributed by atoms with Crippen LogP contribution in [-0.4, -0.2) is 5.11 Å². The molecule has 0 aliphatic rings. The fraction of sp³-hybridized carbons (Fsp3) is 0.222. The van der Waals surface area contributed by atoms with Gasteiger partial charge in [0.1, 0.15) is 5.75 Å². The van der Waals surface area contributed by atoms with Gasteiger partial charge in [-0.05, 0) is 24.1 Å². The highest BCUT2D eigenvalue weighted by atomic mass is 16.3. The number of rotatable bonds is 2. The molecule has 1 radical (unpaired) electrons. The molecule has 1 atom stereocenters. The fourth-order valence-electron chi connectivity index (χ4n) is 0.925. The summed E-state index contributed by atoms with van der Waals surface area (Å²) in [6, 6.07) is 6.90. The minimum atomic E-state index is -0.0814. The standard InChI is InChI=1S/C9H12NO/c1-2-9(10)7-4-3-5-8(11)6-7/h2-6,9,11H,10H2,1H3/t9-/m0/s1. The smallest absolute Gasteiger partial charge is 0.115 e. The summed E-state index contributed by atoms with van der Waals surface area (Å²) in [6.07, 6.45) is 1.88. The monoisotopic (exact) mass is 150 g/mol. The first-order valence-corrected chi connectivity index (χ1v) is 3.58. The Kier molecular flexibility index (Phi) is 2.49. The van der Waals surface area contributed by atoms with Crippen molar-refractivity contribution in [2.45, 2.75) is 13.0 Å². The van der Waals surface area contributed by atoms with E-state index in [2.05, 4.69) is 0 Å². The average Bonchev–Trinajstić information content (AvgIpc) is 2.03. The summed E-state index contributed by atoms with van der Waals surface area (Å²) in [6.45, 7) is 1.90. The second kappa shape index (κ2) is 3.39. The molecule has 3 N–H and O–H groups in total. The molecule has 0 saturated carbocycles. The van der Waals surface area contributed by atoms with Crippen molar-refractivity contribution in [2.75, 3.05) is 0 Å². The molecule has 0 spiro atoms. The minimum absolute atomic E-state index is 0.0814. The molecular weight excluding hydrogens is 138 g/mol. The number of phenolic OH excluding ortho intramolecular Hbond substituents is 1. The average molecular weight is 150 g/mol. The van der Waals surface area contributed by atoms with Crippen LogP contribution < -0.4 is 5.73 Å². The molecule has 0 heterocycles. The maximum Gasteiger partial charge on any atom is 0.115 e. The van der Waals surface area contributed by atoms with Gasteiger partial charge in [-0.2, -0.15) is 0 Å². The van der Waals surface area contributed by atoms with Crippen LogP contribution in [0.2, 0.25) is 0 Å². The van der Waals surface area contributed by atoms with E-state index in [4.69, 9.17) is 10.8 Å². The van der Waals surface area contributed by atoms with Crippen LogP contribution in [0, 0.1) is 6.42 Å². The van der Waals surface area contributed by atoms with E-state index in [1.807, 2.05) is 19.4 Å². The van der Waals surface area contributed by atoms with Gasteiger partial charge in [-0.25, -0.2) is 0 Å². The molecule has 1 rings (SSSR count). The summed E-state index contributed by atoms with van der Waals surface area (Å²) in [7, 11) is 0. The number of benzene rings is 1. The summed E-state index contributed by atoms with van der Waals surface area (Å²) < 4.78 is 0. The third kappa shape index (κ3) is 1.95. The van der Waals surface area contributed by atoms with Gasteiger partial charge in [-0.15, -0.1) is 0 Å². The Balaban J connectivity index is 2.86. The zero-order chi connectivity index (χ0) is 8.27. The first kappa shape index (κ1) is 8.08. The van der Waals surface area contributed by atoms with Gasteiger partial charge in [0.25, 0.3) is 0 Å². The Morgan fingerprint density at radius 3 is 2.82 bits per heavy atom. The maximum absolute atomic E-state index is 9.09. The van der Waals surface area contributed by atoms with E-state index >= 15 is 0 Å². The first-order chi connectivity index (χ1) is 5.24. The van der Waals surface area contributed by atoms with Gasteiger partial charge in [-0.1, -0.05) is 19.1 Å². The second-order valence-corrected chi connectivity index (χ2v) is 2.45. The van der Waals surface area contributed by atoms with E-state index in [0.29, 0.717) is 0 Å². The zero-order valence-electron chi connectivity index (χ0n) is 6.49. The van der Waals surface area contributed by atoms with Crippen molar-refractivity contribution in [3.05, 3.63) is 36.2 Å². The highest BCUT2D eigenvalue weighted by Gasteiger charge is 2.02. The number of phenols is 1. The summed E-state index contributed by atoms with van der Waals surface area (Å²) >= 11 is 0. The molecule has 0 saturated heterocycles. The third-order valence-electron chi connectivity index (χ3n) is 1.61. The van der Waals surface area contributed by atoms with E-state index in [1.54, 1.807) is 18.2 Å². The van der Waals surface area contributed by atoms with Crippen LogP contribution >= 0.6 is 0 Å². The van der Waals surface area contributed by atoms with Gasteiger partial charge in [-0.3, -0.25) is 0 Å². The normalized spacial score (nSPS) is 12.9. The van der Waals surface area contributed by atoms with E-state index in [1.165, 1.54) is 0 Å².